The van der Waals surface area contributed by atoms with Gasteiger partial charge in [-0.05, 0) is 41.2 Å². The van der Waals surface area contributed by atoms with E-state index in [0.717, 1.165) is 0 Å². The predicted octanol–water partition coefficient (Wildman–Crippen LogP) is 1.38. The van der Waals surface area contributed by atoms with Crippen molar-refractivity contribution in [3.63, 3.8) is 0 Å². The van der Waals surface area contributed by atoms with E-state index in [1.165, 1.54) is 13.1 Å². The van der Waals surface area contributed by atoms with Crippen molar-refractivity contribution in [2.75, 3.05) is 19.3 Å². The van der Waals surface area contributed by atoms with Gasteiger partial charge in [-0.3, -0.25) is 4.79 Å². The van der Waals surface area contributed by atoms with E-state index in [9.17, 15) is 13.2 Å². The van der Waals surface area contributed by atoms with E-state index in [-0.39, 0.29) is 18.2 Å². The summed E-state index contributed by atoms with van der Waals surface area (Å²) in [6.07, 6.45) is 0. The molecule has 2 N–H and O–H groups in total. The van der Waals surface area contributed by atoms with E-state index >= 15 is 0 Å². The van der Waals surface area contributed by atoms with E-state index in [1.807, 2.05) is 0 Å². The van der Waals surface area contributed by atoms with E-state index in [4.69, 9.17) is 11.6 Å². The zero-order valence-electron chi connectivity index (χ0n) is 9.54. The largest absolute Gasteiger partial charge is 0.351 e. The first-order valence-electron chi connectivity index (χ1n) is 5.00. The summed E-state index contributed by atoms with van der Waals surface area (Å²) >= 11 is 9.07. The Morgan fingerprint density at radius 3 is 2.67 bits per heavy atom. The van der Waals surface area contributed by atoms with Crippen molar-refractivity contribution in [2.45, 2.75) is 0 Å². The predicted molar refractivity (Wildman–Crippen MR) is 74.3 cm³/mol. The summed E-state index contributed by atoms with van der Waals surface area (Å²) < 4.78 is 25.1. The molecule has 0 aliphatic heterocycles. The van der Waals surface area contributed by atoms with E-state index < -0.39 is 10.0 Å². The molecule has 0 heterocycles. The molecule has 0 radical (unpaired) electrons. The van der Waals surface area contributed by atoms with Gasteiger partial charge in [0.05, 0.1) is 10.8 Å². The van der Waals surface area contributed by atoms with Gasteiger partial charge in [0.15, 0.2) is 0 Å². The van der Waals surface area contributed by atoms with Crippen molar-refractivity contribution in [3.05, 3.63) is 33.3 Å². The maximum atomic E-state index is 11.7. The average molecular weight is 356 g/mol. The number of rotatable bonds is 5. The van der Waals surface area contributed by atoms with Crippen LogP contribution in [0.1, 0.15) is 10.4 Å². The first kappa shape index (κ1) is 15.4. The van der Waals surface area contributed by atoms with Gasteiger partial charge < -0.3 is 5.32 Å². The lowest BCUT2D eigenvalue weighted by molar-refractivity contribution is 0.0956. The molecular formula is C10H12BrClN2O3S. The molecule has 0 saturated heterocycles. The molecule has 8 heteroatoms. The number of hydrogen-bond donors (Lipinski definition) is 2. The van der Waals surface area contributed by atoms with Crippen molar-refractivity contribution < 1.29 is 13.2 Å². The number of carbonyl (C=O) groups excluding carboxylic acids is 1. The van der Waals surface area contributed by atoms with Crippen LogP contribution in [0.2, 0.25) is 5.02 Å². The highest BCUT2D eigenvalue weighted by molar-refractivity contribution is 9.10. The highest BCUT2D eigenvalue weighted by Crippen LogP contribution is 2.22. The average Bonchev–Trinajstić information content (AvgIpc) is 2.32. The van der Waals surface area contributed by atoms with Crippen LogP contribution in [0.5, 0.6) is 0 Å². The van der Waals surface area contributed by atoms with Gasteiger partial charge in [0.1, 0.15) is 0 Å². The van der Waals surface area contributed by atoms with Crippen LogP contribution >= 0.6 is 27.5 Å². The van der Waals surface area contributed by atoms with Crippen LogP contribution in [0.25, 0.3) is 0 Å². The third-order valence-electron chi connectivity index (χ3n) is 2.15. The number of amides is 1. The number of sulfonamides is 1. The van der Waals surface area contributed by atoms with Crippen molar-refractivity contribution in [2.24, 2.45) is 0 Å². The topological polar surface area (TPSA) is 75.3 Å². The van der Waals surface area contributed by atoms with E-state index in [1.54, 1.807) is 12.1 Å². The summed E-state index contributed by atoms with van der Waals surface area (Å²) in [6, 6.07) is 4.76. The second-order valence-corrected chi connectivity index (χ2v) is 6.72. The second-order valence-electron chi connectivity index (χ2n) is 3.41. The van der Waals surface area contributed by atoms with Gasteiger partial charge in [0.2, 0.25) is 10.0 Å². The molecule has 1 aromatic carbocycles. The fraction of sp³-hybridized carbons (Fsp3) is 0.300. The summed E-state index contributed by atoms with van der Waals surface area (Å²) in [7, 11) is -1.99. The Labute approximate surface area is 119 Å². The molecule has 1 rings (SSSR count). The number of nitrogens with one attached hydrogen (secondary N) is 2. The summed E-state index contributed by atoms with van der Waals surface area (Å²) in [6.45, 7) is 0.0374. The molecule has 5 nitrogen and oxygen atoms in total. The first-order valence-corrected chi connectivity index (χ1v) is 7.82. The van der Waals surface area contributed by atoms with Crippen LogP contribution < -0.4 is 10.0 Å². The number of benzene rings is 1. The third-order valence-corrected chi connectivity index (χ3v) is 4.75. The van der Waals surface area contributed by atoms with E-state index in [0.29, 0.717) is 15.1 Å². The quantitative estimate of drug-likeness (QED) is 0.838. The van der Waals surface area contributed by atoms with Crippen molar-refractivity contribution in [1.29, 1.82) is 0 Å². The molecule has 0 aliphatic carbocycles. The Balaban J connectivity index is 2.58. The molecule has 0 unspecified atom stereocenters. The van der Waals surface area contributed by atoms with Crippen molar-refractivity contribution in [1.82, 2.24) is 10.0 Å². The molecule has 1 aromatic rings. The molecular weight excluding hydrogens is 344 g/mol. The van der Waals surface area contributed by atoms with Crippen molar-refractivity contribution in [3.8, 4) is 0 Å². The first-order chi connectivity index (χ1) is 8.35. The van der Waals surface area contributed by atoms with Crippen LogP contribution in [0, 0.1) is 0 Å². The van der Waals surface area contributed by atoms with Gasteiger partial charge in [-0.25, -0.2) is 13.1 Å². The molecule has 0 bridgehead atoms. The molecule has 0 aromatic heterocycles. The SMILES string of the molecule is CNS(=O)(=O)CCNC(=O)c1ccc(Br)c(Cl)c1. The molecule has 0 spiro atoms. The fourth-order valence-electron chi connectivity index (χ4n) is 1.14. The van der Waals surface area contributed by atoms with Crippen LogP contribution in [-0.2, 0) is 10.0 Å². The molecule has 0 atom stereocenters. The number of halogens is 2. The standard InChI is InChI=1S/C10H12BrClN2O3S/c1-13-18(16,17)5-4-14-10(15)7-2-3-8(11)9(12)6-7/h2-3,6,13H,4-5H2,1H3,(H,14,15). The van der Waals surface area contributed by atoms with Gasteiger partial charge in [-0.2, -0.15) is 0 Å². The molecule has 0 saturated carbocycles. The fourth-order valence-corrected chi connectivity index (χ4v) is 2.14. The monoisotopic (exact) mass is 354 g/mol. The van der Waals surface area contributed by atoms with E-state index in [2.05, 4.69) is 26.0 Å². The lowest BCUT2D eigenvalue weighted by Gasteiger charge is -2.06. The Hall–Kier alpha value is -0.630. The lowest BCUT2D eigenvalue weighted by atomic mass is 10.2. The highest BCUT2D eigenvalue weighted by Gasteiger charge is 2.10. The highest BCUT2D eigenvalue weighted by atomic mass is 79.9. The zero-order valence-corrected chi connectivity index (χ0v) is 12.7. The van der Waals surface area contributed by atoms with Gasteiger partial charge in [-0.15, -0.1) is 0 Å². The summed E-state index contributed by atoms with van der Waals surface area (Å²) in [4.78, 5) is 11.7. The van der Waals surface area contributed by atoms with Crippen LogP contribution in [0.4, 0.5) is 0 Å². The minimum atomic E-state index is -3.31. The minimum Gasteiger partial charge on any atom is -0.351 e. The smallest absolute Gasteiger partial charge is 0.251 e. The number of carbonyl (C=O) groups is 1. The maximum absolute atomic E-state index is 11.7. The van der Waals surface area contributed by atoms with Gasteiger partial charge >= 0.3 is 0 Å². The second kappa shape index (κ2) is 6.51. The summed E-state index contributed by atoms with van der Waals surface area (Å²) in [5, 5.41) is 2.93. The van der Waals surface area contributed by atoms with Gasteiger partial charge in [-0.1, -0.05) is 11.6 Å². The Kier molecular flexibility index (Phi) is 5.58. The minimum absolute atomic E-state index is 0.0374. The lowest BCUT2D eigenvalue weighted by Crippen LogP contribution is -2.32. The van der Waals surface area contributed by atoms with Crippen LogP contribution in [0.15, 0.2) is 22.7 Å². The van der Waals surface area contributed by atoms with Crippen LogP contribution in [0.3, 0.4) is 0 Å². The maximum Gasteiger partial charge on any atom is 0.251 e. The zero-order chi connectivity index (χ0) is 13.8. The number of hydrogen-bond acceptors (Lipinski definition) is 3. The molecule has 1 amide bonds. The molecule has 0 aliphatic rings. The van der Waals surface area contributed by atoms with Gasteiger partial charge in [0, 0.05) is 16.6 Å². The Bertz CT molecular complexity index is 548. The normalized spacial score (nSPS) is 11.3. The van der Waals surface area contributed by atoms with Gasteiger partial charge in [0.25, 0.3) is 5.91 Å². The molecule has 0 fully saturated rings. The Morgan fingerprint density at radius 2 is 2.11 bits per heavy atom. The summed E-state index contributed by atoms with van der Waals surface area (Å²) in [5.74, 6) is -0.532. The van der Waals surface area contributed by atoms with Crippen LogP contribution in [-0.4, -0.2) is 33.7 Å². The Morgan fingerprint density at radius 1 is 1.44 bits per heavy atom. The molecule has 18 heavy (non-hydrogen) atoms. The third kappa shape index (κ3) is 4.56. The van der Waals surface area contributed by atoms with Crippen molar-refractivity contribution >= 4 is 43.5 Å². The summed E-state index contributed by atoms with van der Waals surface area (Å²) in [5.41, 5.74) is 0.380. The molecule has 100 valence electrons.